The third-order valence-electron chi connectivity index (χ3n) is 5.33. The summed E-state index contributed by atoms with van der Waals surface area (Å²) in [6.45, 7) is 3.67. The molecule has 10 heteroatoms. The van der Waals surface area contributed by atoms with E-state index < -0.39 is 28.9 Å². The first-order chi connectivity index (χ1) is 16.3. The Hall–Kier alpha value is -3.53. The fourth-order valence-corrected chi connectivity index (χ4v) is 4.92. The van der Waals surface area contributed by atoms with Crippen LogP contribution in [0.1, 0.15) is 59.5 Å². The van der Waals surface area contributed by atoms with E-state index in [1.54, 1.807) is 13.8 Å². The van der Waals surface area contributed by atoms with Crippen LogP contribution in [0.3, 0.4) is 0 Å². The van der Waals surface area contributed by atoms with E-state index in [0.717, 1.165) is 42.2 Å². The fraction of sp³-hybridized carbons (Fsp3) is 0.375. The van der Waals surface area contributed by atoms with Gasteiger partial charge < -0.3 is 14.8 Å². The van der Waals surface area contributed by atoms with Crippen molar-refractivity contribution in [1.29, 1.82) is 0 Å². The van der Waals surface area contributed by atoms with Gasteiger partial charge in [0, 0.05) is 23.1 Å². The van der Waals surface area contributed by atoms with Crippen LogP contribution in [0.15, 0.2) is 30.3 Å². The van der Waals surface area contributed by atoms with Gasteiger partial charge in [0.2, 0.25) is 0 Å². The Morgan fingerprint density at radius 2 is 1.88 bits per heavy atom. The number of fused-ring (bicyclic) bond motifs is 1. The number of hydrogen-bond acceptors (Lipinski definition) is 8. The van der Waals surface area contributed by atoms with Gasteiger partial charge in [-0.25, -0.2) is 9.59 Å². The van der Waals surface area contributed by atoms with Crippen LogP contribution in [-0.4, -0.2) is 35.5 Å². The first kappa shape index (κ1) is 25.1. The van der Waals surface area contributed by atoms with Crippen molar-refractivity contribution in [2.45, 2.75) is 52.1 Å². The lowest BCUT2D eigenvalue weighted by atomic mass is 9.95. The molecule has 0 aliphatic heterocycles. The van der Waals surface area contributed by atoms with Gasteiger partial charge in [-0.15, -0.1) is 11.3 Å². The predicted octanol–water partition coefficient (Wildman–Crippen LogP) is 4.69. The molecule has 0 saturated carbocycles. The van der Waals surface area contributed by atoms with Gasteiger partial charge in [0.05, 0.1) is 17.1 Å². The lowest BCUT2D eigenvalue weighted by Gasteiger charge is -2.15. The SMILES string of the molecule is CCOC(=O)c1c(NC(=O)[C@H](CC)OC(=O)/C=C/c2ccc([N+](=O)[O-])cc2)sc2c1CCCC2. The smallest absolute Gasteiger partial charge is 0.341 e. The van der Waals surface area contributed by atoms with E-state index in [9.17, 15) is 24.5 Å². The van der Waals surface area contributed by atoms with Gasteiger partial charge in [-0.05, 0) is 68.4 Å². The molecule has 0 fully saturated rings. The molecule has 0 spiro atoms. The Morgan fingerprint density at radius 1 is 1.18 bits per heavy atom. The minimum absolute atomic E-state index is 0.0557. The number of hydrogen-bond donors (Lipinski definition) is 1. The fourth-order valence-electron chi connectivity index (χ4n) is 3.64. The Balaban J connectivity index is 1.68. The van der Waals surface area contributed by atoms with Gasteiger partial charge in [-0.1, -0.05) is 6.92 Å². The van der Waals surface area contributed by atoms with Gasteiger partial charge in [0.25, 0.3) is 11.6 Å². The molecule has 1 heterocycles. The largest absolute Gasteiger partial charge is 0.462 e. The molecule has 3 rings (SSSR count). The van der Waals surface area contributed by atoms with Crippen LogP contribution in [0.25, 0.3) is 6.08 Å². The maximum absolute atomic E-state index is 12.9. The number of amides is 1. The number of nitrogens with zero attached hydrogens (tertiary/aromatic N) is 1. The summed E-state index contributed by atoms with van der Waals surface area (Å²) in [7, 11) is 0. The summed E-state index contributed by atoms with van der Waals surface area (Å²) >= 11 is 1.37. The molecule has 1 amide bonds. The number of thiophene rings is 1. The Morgan fingerprint density at radius 3 is 2.53 bits per heavy atom. The van der Waals surface area contributed by atoms with Crippen LogP contribution in [0.5, 0.6) is 0 Å². The minimum atomic E-state index is -1.05. The quantitative estimate of drug-likeness (QED) is 0.236. The average Bonchev–Trinajstić information content (AvgIpc) is 3.19. The van der Waals surface area contributed by atoms with Crippen LogP contribution in [-0.2, 0) is 31.9 Å². The van der Waals surface area contributed by atoms with Crippen LogP contribution in [0, 0.1) is 10.1 Å². The van der Waals surface area contributed by atoms with Crippen LogP contribution < -0.4 is 5.32 Å². The maximum Gasteiger partial charge on any atom is 0.341 e. The number of aryl methyl sites for hydroxylation is 1. The molecule has 0 radical (unpaired) electrons. The van der Waals surface area contributed by atoms with Gasteiger partial charge in [-0.2, -0.15) is 0 Å². The molecule has 0 bridgehead atoms. The molecule has 0 saturated heterocycles. The summed E-state index contributed by atoms with van der Waals surface area (Å²) in [5, 5.41) is 13.9. The lowest BCUT2D eigenvalue weighted by molar-refractivity contribution is -0.384. The van der Waals surface area contributed by atoms with Gasteiger partial charge in [-0.3, -0.25) is 14.9 Å². The molecule has 1 aromatic heterocycles. The summed E-state index contributed by atoms with van der Waals surface area (Å²) < 4.78 is 10.5. The monoisotopic (exact) mass is 486 g/mol. The summed E-state index contributed by atoms with van der Waals surface area (Å²) in [5.41, 5.74) is 1.85. The third kappa shape index (κ3) is 6.07. The highest BCUT2D eigenvalue weighted by Crippen LogP contribution is 2.38. The van der Waals surface area contributed by atoms with Crippen LogP contribution in [0.4, 0.5) is 10.7 Å². The number of nitro benzene ring substituents is 1. The van der Waals surface area contributed by atoms with Crippen molar-refractivity contribution in [2.24, 2.45) is 0 Å². The standard InChI is InChI=1S/C24H26N2O7S/c1-3-18(33-20(27)14-11-15-9-12-16(13-10-15)26(30)31)22(28)25-23-21(24(29)32-4-2)17-7-5-6-8-19(17)34-23/h9-14,18H,3-8H2,1-2H3,(H,25,28)/b14-11+/t18-/m0/s1. The van der Waals surface area contributed by atoms with E-state index >= 15 is 0 Å². The average molecular weight is 487 g/mol. The number of nitrogens with one attached hydrogen (secondary N) is 1. The molecular weight excluding hydrogens is 460 g/mol. The molecule has 34 heavy (non-hydrogen) atoms. The summed E-state index contributed by atoms with van der Waals surface area (Å²) in [5.74, 6) is -1.71. The molecule has 1 atom stereocenters. The van der Waals surface area contributed by atoms with E-state index in [1.807, 2.05) is 0 Å². The Labute approximate surface area is 200 Å². The predicted molar refractivity (Wildman–Crippen MR) is 128 cm³/mol. The zero-order chi connectivity index (χ0) is 24.7. The molecule has 180 valence electrons. The number of esters is 2. The second-order valence-corrected chi connectivity index (χ2v) is 8.75. The zero-order valence-electron chi connectivity index (χ0n) is 19.0. The van der Waals surface area contributed by atoms with Crippen molar-refractivity contribution in [3.05, 3.63) is 62.0 Å². The normalized spacial score (nSPS) is 13.7. The van der Waals surface area contributed by atoms with Crippen molar-refractivity contribution in [2.75, 3.05) is 11.9 Å². The number of ether oxygens (including phenoxy) is 2. The topological polar surface area (TPSA) is 125 Å². The zero-order valence-corrected chi connectivity index (χ0v) is 19.8. The number of benzene rings is 1. The summed E-state index contributed by atoms with van der Waals surface area (Å²) in [4.78, 5) is 49.0. The van der Waals surface area contributed by atoms with Gasteiger partial charge in [0.1, 0.15) is 5.00 Å². The maximum atomic E-state index is 12.9. The molecule has 1 N–H and O–H groups in total. The number of carbonyl (C=O) groups excluding carboxylic acids is 3. The van der Waals surface area contributed by atoms with Crippen molar-refractivity contribution < 1.29 is 28.8 Å². The molecule has 2 aromatic rings. The van der Waals surface area contributed by atoms with Gasteiger partial charge in [0.15, 0.2) is 6.10 Å². The van der Waals surface area contributed by atoms with E-state index in [-0.39, 0.29) is 18.7 Å². The highest BCUT2D eigenvalue weighted by Gasteiger charge is 2.29. The first-order valence-corrected chi connectivity index (χ1v) is 11.9. The van der Waals surface area contributed by atoms with Crippen molar-refractivity contribution in [1.82, 2.24) is 0 Å². The third-order valence-corrected chi connectivity index (χ3v) is 6.53. The summed E-state index contributed by atoms with van der Waals surface area (Å²) in [6.07, 6.45) is 5.40. The number of anilines is 1. The van der Waals surface area contributed by atoms with Crippen molar-refractivity contribution in [3.63, 3.8) is 0 Å². The molecule has 0 unspecified atom stereocenters. The molecule has 1 aliphatic rings. The highest BCUT2D eigenvalue weighted by atomic mass is 32.1. The lowest BCUT2D eigenvalue weighted by Crippen LogP contribution is -2.31. The minimum Gasteiger partial charge on any atom is -0.462 e. The van der Waals surface area contributed by atoms with E-state index in [2.05, 4.69) is 5.32 Å². The van der Waals surface area contributed by atoms with E-state index in [4.69, 9.17) is 9.47 Å². The van der Waals surface area contributed by atoms with E-state index in [1.165, 1.54) is 41.7 Å². The van der Waals surface area contributed by atoms with Crippen LogP contribution in [0.2, 0.25) is 0 Å². The van der Waals surface area contributed by atoms with Crippen molar-refractivity contribution in [3.8, 4) is 0 Å². The molecule has 1 aromatic carbocycles. The molecule has 9 nitrogen and oxygen atoms in total. The summed E-state index contributed by atoms with van der Waals surface area (Å²) in [6, 6.07) is 5.66. The number of carbonyl (C=O) groups is 3. The first-order valence-electron chi connectivity index (χ1n) is 11.1. The van der Waals surface area contributed by atoms with Gasteiger partial charge >= 0.3 is 11.9 Å². The van der Waals surface area contributed by atoms with E-state index in [0.29, 0.717) is 16.1 Å². The Bertz CT molecular complexity index is 1110. The second-order valence-electron chi connectivity index (χ2n) is 7.64. The highest BCUT2D eigenvalue weighted by molar-refractivity contribution is 7.17. The van der Waals surface area contributed by atoms with Crippen molar-refractivity contribution >= 4 is 45.9 Å². The second kappa shape index (κ2) is 11.6. The molecular formula is C24H26N2O7S. The number of rotatable bonds is 9. The molecule has 1 aliphatic carbocycles. The Kier molecular flexibility index (Phi) is 8.53. The van der Waals surface area contributed by atoms with Crippen LogP contribution >= 0.6 is 11.3 Å². The number of nitro groups is 1. The number of non-ortho nitro benzene ring substituents is 1.